The molecule has 0 saturated heterocycles. The van der Waals surface area contributed by atoms with E-state index in [0.29, 0.717) is 25.3 Å². The van der Waals surface area contributed by atoms with Gasteiger partial charge >= 0.3 is 0 Å². The number of benzene rings is 1. The highest BCUT2D eigenvalue weighted by atomic mass is 79.9. The maximum atomic E-state index is 13.0. The van der Waals surface area contributed by atoms with E-state index in [2.05, 4.69) is 31.6 Å². The average molecular weight is 372 g/mol. The minimum absolute atomic E-state index is 0.0548. The zero-order chi connectivity index (χ0) is 15.0. The number of hydrogen-bond acceptors (Lipinski definition) is 5. The third-order valence-corrected chi connectivity index (χ3v) is 6.04. The molecule has 1 aromatic carbocycles. The second-order valence-electron chi connectivity index (χ2n) is 4.69. The Balaban J connectivity index is 2.16. The van der Waals surface area contributed by atoms with Crippen molar-refractivity contribution >= 4 is 31.6 Å². The van der Waals surface area contributed by atoms with Gasteiger partial charge in [0.05, 0.1) is 5.69 Å². The summed E-state index contributed by atoms with van der Waals surface area (Å²) in [6.45, 7) is 1.58. The molecule has 2 heterocycles. The molecule has 0 atom stereocenters. The van der Waals surface area contributed by atoms with Crippen LogP contribution in [0.15, 0.2) is 33.9 Å². The Labute approximate surface area is 131 Å². The molecule has 1 aliphatic rings. The van der Waals surface area contributed by atoms with Gasteiger partial charge in [-0.05, 0) is 27.6 Å². The van der Waals surface area contributed by atoms with Gasteiger partial charge in [0, 0.05) is 26.7 Å². The fraction of sp³-hybridized carbons (Fsp3) is 0.333. The van der Waals surface area contributed by atoms with E-state index < -0.39 is 10.0 Å². The molecule has 1 aliphatic heterocycles. The van der Waals surface area contributed by atoms with Gasteiger partial charge in [-0.1, -0.05) is 23.4 Å². The van der Waals surface area contributed by atoms with Gasteiger partial charge in [0.15, 0.2) is 4.60 Å². The maximum Gasteiger partial charge on any atom is 0.284 e. The summed E-state index contributed by atoms with van der Waals surface area (Å²) in [6, 6.07) is 7.48. The second kappa shape index (κ2) is 5.39. The molecule has 0 unspecified atom stereocenters. The molecule has 0 bridgehead atoms. The molecule has 0 spiro atoms. The number of rotatable bonds is 2. The van der Waals surface area contributed by atoms with Crippen molar-refractivity contribution in [1.29, 1.82) is 0 Å². The number of fused-ring (bicyclic) bond motifs is 1. The molecule has 112 valence electrons. The summed E-state index contributed by atoms with van der Waals surface area (Å²) in [5.74, 6) is 0. The largest absolute Gasteiger partial charge is 0.311 e. The molecule has 0 radical (unpaired) electrons. The number of nitrogens with one attached hydrogen (secondary N) is 1. The summed E-state index contributed by atoms with van der Waals surface area (Å²) < 4.78 is 28.8. The number of para-hydroxylation sites is 1. The van der Waals surface area contributed by atoms with E-state index in [9.17, 15) is 8.42 Å². The van der Waals surface area contributed by atoms with E-state index in [4.69, 9.17) is 0 Å². The Morgan fingerprint density at radius 3 is 2.81 bits per heavy atom. The molecule has 21 heavy (non-hydrogen) atoms. The lowest BCUT2D eigenvalue weighted by Gasteiger charge is -2.23. The normalized spacial score (nSPS) is 15.6. The van der Waals surface area contributed by atoms with Crippen LogP contribution in [0.2, 0.25) is 0 Å². The van der Waals surface area contributed by atoms with Crippen LogP contribution in [0.4, 0.5) is 5.69 Å². The van der Waals surface area contributed by atoms with Crippen molar-refractivity contribution in [2.45, 2.75) is 11.6 Å². The van der Waals surface area contributed by atoms with Crippen LogP contribution in [0.5, 0.6) is 0 Å². The molecule has 0 amide bonds. The van der Waals surface area contributed by atoms with Crippen molar-refractivity contribution in [3.8, 4) is 0 Å². The van der Waals surface area contributed by atoms with Gasteiger partial charge in [-0.2, -0.15) is 8.42 Å². The third kappa shape index (κ3) is 2.45. The predicted octanol–water partition coefficient (Wildman–Crippen LogP) is 0.876. The van der Waals surface area contributed by atoms with Gasteiger partial charge in [0.2, 0.25) is 5.03 Å². The van der Waals surface area contributed by atoms with Gasteiger partial charge in [-0.25, -0.2) is 4.68 Å². The van der Waals surface area contributed by atoms with Gasteiger partial charge in [0.1, 0.15) is 0 Å². The summed E-state index contributed by atoms with van der Waals surface area (Å²) in [4.78, 5) is 0. The number of halogens is 1. The van der Waals surface area contributed by atoms with E-state index in [0.717, 1.165) is 5.56 Å². The molecule has 7 nitrogen and oxygen atoms in total. The van der Waals surface area contributed by atoms with E-state index in [1.165, 1.54) is 8.99 Å². The first kappa shape index (κ1) is 14.5. The molecule has 0 saturated carbocycles. The molecule has 0 aliphatic carbocycles. The number of nitrogens with zero attached hydrogens (tertiary/aromatic N) is 4. The number of sulfonamides is 1. The van der Waals surface area contributed by atoms with Crippen LogP contribution < -0.4 is 9.62 Å². The van der Waals surface area contributed by atoms with Crippen molar-refractivity contribution in [2.75, 3.05) is 17.4 Å². The van der Waals surface area contributed by atoms with Crippen LogP contribution >= 0.6 is 15.9 Å². The highest BCUT2D eigenvalue weighted by molar-refractivity contribution is 9.10. The Morgan fingerprint density at radius 2 is 2.10 bits per heavy atom. The van der Waals surface area contributed by atoms with Gasteiger partial charge in [-0.3, -0.25) is 4.31 Å². The first-order valence-electron chi connectivity index (χ1n) is 6.38. The fourth-order valence-corrected chi connectivity index (χ4v) is 4.92. The zero-order valence-electron chi connectivity index (χ0n) is 11.3. The molecule has 1 aromatic heterocycles. The Kier molecular flexibility index (Phi) is 3.72. The van der Waals surface area contributed by atoms with Crippen molar-refractivity contribution in [3.63, 3.8) is 0 Å². The summed E-state index contributed by atoms with van der Waals surface area (Å²) in [5, 5.41) is 10.8. The van der Waals surface area contributed by atoms with Crippen LogP contribution in [0.1, 0.15) is 5.56 Å². The number of aryl methyl sites for hydroxylation is 1. The summed E-state index contributed by atoms with van der Waals surface area (Å²) in [5.41, 5.74) is 1.64. The van der Waals surface area contributed by atoms with Crippen LogP contribution in [0.3, 0.4) is 0 Å². The van der Waals surface area contributed by atoms with Crippen LogP contribution in [0.25, 0.3) is 0 Å². The number of aromatic nitrogens is 3. The summed E-state index contributed by atoms with van der Waals surface area (Å²) >= 11 is 3.16. The van der Waals surface area contributed by atoms with Crippen molar-refractivity contribution in [1.82, 2.24) is 20.3 Å². The Bertz CT molecular complexity index is 754. The highest BCUT2D eigenvalue weighted by Crippen LogP contribution is 2.30. The third-order valence-electron chi connectivity index (χ3n) is 3.34. The second-order valence-corrected chi connectivity index (χ2v) is 7.22. The SMILES string of the molecule is Cn1nnc(Br)c1S(=O)(=O)N1CCNCc2ccccc21. The number of anilines is 1. The van der Waals surface area contributed by atoms with Crippen LogP contribution in [-0.2, 0) is 23.6 Å². The van der Waals surface area contributed by atoms with Gasteiger partial charge < -0.3 is 5.32 Å². The first-order chi connectivity index (χ1) is 10.0. The molecule has 3 rings (SSSR count). The van der Waals surface area contributed by atoms with Crippen LogP contribution in [-0.4, -0.2) is 36.5 Å². The fourth-order valence-electron chi connectivity index (χ4n) is 2.38. The molecular weight excluding hydrogens is 358 g/mol. The quantitative estimate of drug-likeness (QED) is 0.847. The molecule has 1 N–H and O–H groups in total. The van der Waals surface area contributed by atoms with Crippen molar-refractivity contribution < 1.29 is 8.42 Å². The molecule has 9 heteroatoms. The summed E-state index contributed by atoms with van der Waals surface area (Å²) in [7, 11) is -2.17. The average Bonchev–Trinajstić information content (AvgIpc) is 2.68. The summed E-state index contributed by atoms with van der Waals surface area (Å²) in [6.07, 6.45) is 0. The topological polar surface area (TPSA) is 80.1 Å². The van der Waals surface area contributed by atoms with E-state index in [1.54, 1.807) is 7.05 Å². The molecule has 2 aromatic rings. The standard InChI is InChI=1S/C12H14BrN5O2S/c1-17-12(11(13)15-16-17)21(19,20)18-7-6-14-8-9-4-2-3-5-10(9)18/h2-5,14H,6-8H2,1H3. The molecule has 0 fully saturated rings. The van der Waals surface area contributed by atoms with Gasteiger partial charge in [0.25, 0.3) is 10.0 Å². The van der Waals surface area contributed by atoms with E-state index >= 15 is 0 Å². The van der Waals surface area contributed by atoms with Crippen molar-refractivity contribution in [3.05, 3.63) is 34.4 Å². The minimum atomic E-state index is -3.73. The lowest BCUT2D eigenvalue weighted by Crippen LogP contribution is -2.36. The molecular formula is C12H14BrN5O2S. The lowest BCUT2D eigenvalue weighted by atomic mass is 10.2. The van der Waals surface area contributed by atoms with Crippen LogP contribution in [0, 0.1) is 0 Å². The first-order valence-corrected chi connectivity index (χ1v) is 8.61. The lowest BCUT2D eigenvalue weighted by molar-refractivity contribution is 0.568. The van der Waals surface area contributed by atoms with E-state index in [-0.39, 0.29) is 9.63 Å². The zero-order valence-corrected chi connectivity index (χ0v) is 13.7. The highest BCUT2D eigenvalue weighted by Gasteiger charge is 2.33. The number of hydrogen-bond donors (Lipinski definition) is 1. The maximum absolute atomic E-state index is 13.0. The Hall–Kier alpha value is -1.45. The van der Waals surface area contributed by atoms with Crippen molar-refractivity contribution in [2.24, 2.45) is 7.05 Å². The predicted molar refractivity (Wildman–Crippen MR) is 81.4 cm³/mol. The monoisotopic (exact) mass is 371 g/mol. The minimum Gasteiger partial charge on any atom is -0.311 e. The smallest absolute Gasteiger partial charge is 0.284 e. The Morgan fingerprint density at radius 1 is 1.33 bits per heavy atom. The van der Waals surface area contributed by atoms with Gasteiger partial charge in [-0.15, -0.1) is 5.10 Å². The van der Waals surface area contributed by atoms with E-state index in [1.807, 2.05) is 24.3 Å².